The molecule has 1 saturated carbocycles. The number of nitrogens with one attached hydrogen (secondary N) is 1. The van der Waals surface area contributed by atoms with Crippen molar-refractivity contribution in [3.8, 4) is 0 Å². The second-order valence-electron chi connectivity index (χ2n) is 5.75. The number of hydrazone groups is 1. The van der Waals surface area contributed by atoms with Crippen LogP contribution in [0.2, 0.25) is 4.82 Å². The molecule has 21 heavy (non-hydrogen) atoms. The van der Waals surface area contributed by atoms with E-state index in [1.54, 1.807) is 0 Å². The fraction of sp³-hybridized carbons (Fsp3) is 0.500. The number of hydrogen-bond acceptors (Lipinski definition) is 2. The molecule has 0 amide bonds. The Balaban J connectivity index is 1.83. The van der Waals surface area contributed by atoms with E-state index in [1.165, 1.54) is 37.0 Å². The summed E-state index contributed by atoms with van der Waals surface area (Å²) in [6.45, 7) is 0. The molecule has 1 aliphatic heterocycles. The molecule has 3 rings (SSSR count). The van der Waals surface area contributed by atoms with Gasteiger partial charge in [-0.05, 0) is 0 Å². The predicted molar refractivity (Wildman–Crippen MR) is 92.6 cm³/mol. The molecule has 0 spiro atoms. The number of fused-ring (bicyclic) bond motifs is 1. The minimum absolute atomic E-state index is 0.266. The molecule has 0 radical (unpaired) electrons. The van der Waals surface area contributed by atoms with E-state index in [4.69, 9.17) is 18.0 Å². The van der Waals surface area contributed by atoms with Crippen LogP contribution in [0.1, 0.15) is 42.5 Å². The van der Waals surface area contributed by atoms with Crippen LogP contribution in [0.3, 0.4) is 0 Å². The monoisotopic (exact) mass is 367 g/mol. The Hall–Kier alpha value is -0.901. The molecule has 1 aliphatic carbocycles. The summed E-state index contributed by atoms with van der Waals surface area (Å²) in [5.74, 6) is 0.653. The number of benzene rings is 1. The molecular weight excluding hydrogens is 345 g/mol. The van der Waals surface area contributed by atoms with E-state index in [1.807, 2.05) is 0 Å². The van der Waals surface area contributed by atoms with Crippen molar-refractivity contribution in [2.75, 3.05) is 0 Å². The summed E-state index contributed by atoms with van der Waals surface area (Å²) < 4.78 is 0. The first-order chi connectivity index (χ1) is 10.2. The van der Waals surface area contributed by atoms with E-state index >= 15 is 0 Å². The van der Waals surface area contributed by atoms with Gasteiger partial charge in [0.15, 0.2) is 0 Å². The van der Waals surface area contributed by atoms with E-state index in [0.29, 0.717) is 25.7 Å². The van der Waals surface area contributed by atoms with Crippen LogP contribution < -0.4 is 11.2 Å². The molecule has 1 saturated heterocycles. The normalized spacial score (nSPS) is 30.7. The molecule has 1 aromatic carbocycles. The van der Waals surface area contributed by atoms with Crippen LogP contribution in [-0.2, 0) is 0 Å². The molecule has 1 aromatic rings. The van der Waals surface area contributed by atoms with Gasteiger partial charge in [0.1, 0.15) is 0 Å². The maximum absolute atomic E-state index is 5.54. The molecule has 112 valence electrons. The third kappa shape index (κ3) is 3.65. The van der Waals surface area contributed by atoms with Gasteiger partial charge in [-0.25, -0.2) is 0 Å². The molecule has 2 fully saturated rings. The van der Waals surface area contributed by atoms with Gasteiger partial charge in [-0.3, -0.25) is 0 Å². The number of hydrogen-bond donors (Lipinski definition) is 2. The van der Waals surface area contributed by atoms with Crippen molar-refractivity contribution in [3.05, 3.63) is 35.9 Å². The van der Waals surface area contributed by atoms with E-state index in [0.717, 1.165) is 11.2 Å². The van der Waals surface area contributed by atoms with E-state index in [2.05, 4.69) is 40.9 Å². The molecule has 2 aliphatic rings. The summed E-state index contributed by atoms with van der Waals surface area (Å²) >= 11 is 5.56. The van der Waals surface area contributed by atoms with Crippen molar-refractivity contribution < 1.29 is 0 Å². The first-order valence-electron chi connectivity index (χ1n) is 7.56. The van der Waals surface area contributed by atoms with Gasteiger partial charge in [-0.15, -0.1) is 0 Å². The first-order valence-corrected chi connectivity index (χ1v) is 9.95. The van der Waals surface area contributed by atoms with E-state index in [-0.39, 0.29) is 5.11 Å². The SMILES string of the molecule is NC(=S)NN=C1CC(c2ccccc2)[Se]C2CCCCC12. The van der Waals surface area contributed by atoms with Crippen LogP contribution in [0.15, 0.2) is 35.4 Å². The van der Waals surface area contributed by atoms with Gasteiger partial charge in [-0.2, -0.15) is 0 Å². The number of rotatable bonds is 2. The first kappa shape index (κ1) is 15.0. The predicted octanol–water partition coefficient (Wildman–Crippen LogP) is 3.00. The van der Waals surface area contributed by atoms with Crippen LogP contribution in [0.25, 0.3) is 0 Å². The van der Waals surface area contributed by atoms with Gasteiger partial charge in [0.2, 0.25) is 0 Å². The Morgan fingerprint density at radius 3 is 2.76 bits per heavy atom. The van der Waals surface area contributed by atoms with Crippen molar-refractivity contribution in [3.63, 3.8) is 0 Å². The Morgan fingerprint density at radius 1 is 1.24 bits per heavy atom. The van der Waals surface area contributed by atoms with Gasteiger partial charge in [0, 0.05) is 0 Å². The maximum atomic E-state index is 5.54. The van der Waals surface area contributed by atoms with Gasteiger partial charge in [0.05, 0.1) is 0 Å². The molecule has 3 atom stereocenters. The standard InChI is InChI=1S/C16H21N3SSe/c17-16(20)19-18-13-10-15(11-6-2-1-3-7-11)21-14-9-5-4-8-12(13)14/h1-3,6-7,12,14-15H,4-5,8-10H2,(H3,17,19,20). The summed E-state index contributed by atoms with van der Waals surface area (Å²) in [5.41, 5.74) is 11.1. The van der Waals surface area contributed by atoms with Crippen LogP contribution in [0.4, 0.5) is 0 Å². The summed E-state index contributed by atoms with van der Waals surface area (Å²) in [6.07, 6.45) is 6.41. The van der Waals surface area contributed by atoms with Crippen LogP contribution in [0, 0.1) is 5.92 Å². The average Bonchev–Trinajstić information content (AvgIpc) is 2.53. The van der Waals surface area contributed by atoms with Gasteiger partial charge in [0.25, 0.3) is 0 Å². The number of thiocarbonyl (C=S) groups is 1. The van der Waals surface area contributed by atoms with Crippen LogP contribution in [0.5, 0.6) is 0 Å². The summed E-state index contributed by atoms with van der Waals surface area (Å²) in [4.78, 5) is 1.47. The average molecular weight is 366 g/mol. The Labute approximate surface area is 137 Å². The summed E-state index contributed by atoms with van der Waals surface area (Å²) in [6, 6.07) is 10.9. The van der Waals surface area contributed by atoms with Crippen molar-refractivity contribution in [1.82, 2.24) is 5.43 Å². The molecule has 5 heteroatoms. The van der Waals surface area contributed by atoms with E-state index in [9.17, 15) is 0 Å². The minimum atomic E-state index is 0.266. The summed E-state index contributed by atoms with van der Waals surface area (Å²) in [5, 5.41) is 4.82. The zero-order valence-electron chi connectivity index (χ0n) is 12.0. The molecule has 3 nitrogen and oxygen atoms in total. The molecule has 0 bridgehead atoms. The molecular formula is C16H21N3SSe. The topological polar surface area (TPSA) is 50.4 Å². The molecule has 0 aromatic heterocycles. The summed E-state index contributed by atoms with van der Waals surface area (Å²) in [7, 11) is 0. The van der Waals surface area contributed by atoms with Crippen LogP contribution >= 0.6 is 12.2 Å². The second-order valence-corrected chi connectivity index (χ2v) is 9.22. The van der Waals surface area contributed by atoms with E-state index < -0.39 is 0 Å². The molecule has 3 unspecified atom stereocenters. The van der Waals surface area contributed by atoms with Gasteiger partial charge >= 0.3 is 138 Å². The zero-order chi connectivity index (χ0) is 14.7. The number of nitrogens with two attached hydrogens (primary N) is 1. The fourth-order valence-electron chi connectivity index (χ4n) is 3.36. The molecule has 3 N–H and O–H groups in total. The van der Waals surface area contributed by atoms with Crippen molar-refractivity contribution in [2.45, 2.75) is 41.7 Å². The third-order valence-corrected chi connectivity index (χ3v) is 7.96. The second kappa shape index (κ2) is 6.91. The number of nitrogens with zero attached hydrogens (tertiary/aromatic N) is 1. The Bertz CT molecular complexity index is 532. The quantitative estimate of drug-likeness (QED) is 0.481. The third-order valence-electron chi connectivity index (χ3n) is 4.35. The van der Waals surface area contributed by atoms with Crippen LogP contribution in [-0.4, -0.2) is 25.8 Å². The fourth-order valence-corrected chi connectivity index (χ4v) is 7.16. The van der Waals surface area contributed by atoms with Crippen molar-refractivity contribution in [1.29, 1.82) is 0 Å². The van der Waals surface area contributed by atoms with Gasteiger partial charge in [-0.1, -0.05) is 0 Å². The Morgan fingerprint density at radius 2 is 2.00 bits per heavy atom. The van der Waals surface area contributed by atoms with Crippen molar-refractivity contribution >= 4 is 38.0 Å². The zero-order valence-corrected chi connectivity index (χ0v) is 14.5. The van der Waals surface area contributed by atoms with Gasteiger partial charge < -0.3 is 0 Å². The van der Waals surface area contributed by atoms with Crippen molar-refractivity contribution in [2.24, 2.45) is 16.8 Å². The molecule has 1 heterocycles. The Kier molecular flexibility index (Phi) is 4.94.